The lowest BCUT2D eigenvalue weighted by atomic mass is 9.43. The number of carbonyl (C=O) groups excluding carboxylic acids is 3. The van der Waals surface area contributed by atoms with Gasteiger partial charge in [-0.15, -0.1) is 0 Å². The highest BCUT2D eigenvalue weighted by molar-refractivity contribution is 5.92. The van der Waals surface area contributed by atoms with E-state index in [0.717, 1.165) is 38.5 Å². The summed E-state index contributed by atoms with van der Waals surface area (Å²) < 4.78 is 17.8. The molecule has 0 aromatic carbocycles. The molecular weight excluding hydrogens is 396 g/mol. The lowest BCUT2D eigenvalue weighted by Crippen LogP contribution is -2.62. The van der Waals surface area contributed by atoms with Crippen LogP contribution in [0.4, 0.5) is 0 Å². The smallest absolute Gasteiger partial charge is 0.306 e. The van der Waals surface area contributed by atoms with E-state index in [1.807, 2.05) is 6.08 Å². The maximum absolute atomic E-state index is 12.4. The second-order valence-corrected chi connectivity index (χ2v) is 11.4. The van der Waals surface area contributed by atoms with Crippen LogP contribution in [0.5, 0.6) is 0 Å². The van der Waals surface area contributed by atoms with Crippen molar-refractivity contribution in [2.75, 3.05) is 7.11 Å². The Hall–Kier alpha value is -1.69. The molecule has 0 amide bonds. The molecule has 6 aliphatic rings. The van der Waals surface area contributed by atoms with Crippen molar-refractivity contribution in [1.29, 1.82) is 0 Å². The Labute approximate surface area is 183 Å². The number of epoxide rings is 1. The minimum atomic E-state index is -0.387. The van der Waals surface area contributed by atoms with Gasteiger partial charge >= 0.3 is 11.9 Å². The summed E-state index contributed by atoms with van der Waals surface area (Å²) in [5, 5.41) is 0. The summed E-state index contributed by atoms with van der Waals surface area (Å²) in [5.41, 5.74) is 0.175. The quantitative estimate of drug-likeness (QED) is 0.494. The van der Waals surface area contributed by atoms with Gasteiger partial charge in [0.15, 0.2) is 5.78 Å². The van der Waals surface area contributed by atoms with E-state index < -0.39 is 0 Å². The summed E-state index contributed by atoms with van der Waals surface area (Å²) >= 11 is 0. The molecule has 8 atom stereocenters. The molecule has 2 aliphatic heterocycles. The van der Waals surface area contributed by atoms with E-state index in [-0.39, 0.29) is 57.7 Å². The number of hydrogen-bond donors (Lipinski definition) is 0. The topological polar surface area (TPSA) is 82.2 Å². The Bertz CT molecular complexity index is 923. The maximum atomic E-state index is 12.4. The molecule has 31 heavy (non-hydrogen) atoms. The van der Waals surface area contributed by atoms with Crippen LogP contribution in [-0.2, 0) is 28.6 Å². The summed E-state index contributed by atoms with van der Waals surface area (Å²) in [5.74, 6) is 0.547. The number of ether oxygens (including phenoxy) is 3. The third kappa shape index (κ3) is 2.25. The van der Waals surface area contributed by atoms with Gasteiger partial charge in [0, 0.05) is 30.1 Å². The first-order valence-electron chi connectivity index (χ1n) is 11.9. The first kappa shape index (κ1) is 20.0. The lowest BCUT2D eigenvalue weighted by Gasteiger charge is -2.59. The van der Waals surface area contributed by atoms with E-state index in [0.29, 0.717) is 25.2 Å². The Kier molecular flexibility index (Phi) is 3.86. The van der Waals surface area contributed by atoms with Crippen molar-refractivity contribution in [1.82, 2.24) is 0 Å². The minimum Gasteiger partial charge on any atom is -0.469 e. The van der Waals surface area contributed by atoms with Gasteiger partial charge in [0.05, 0.1) is 13.2 Å². The predicted molar refractivity (Wildman–Crippen MR) is 110 cm³/mol. The van der Waals surface area contributed by atoms with E-state index in [4.69, 9.17) is 14.2 Å². The van der Waals surface area contributed by atoms with Crippen LogP contribution in [0.3, 0.4) is 0 Å². The molecule has 6 heteroatoms. The van der Waals surface area contributed by atoms with Crippen LogP contribution in [-0.4, -0.2) is 42.1 Å². The fraction of sp³-hybridized carbons (Fsp3) is 0.800. The van der Waals surface area contributed by atoms with E-state index in [1.165, 1.54) is 12.7 Å². The lowest BCUT2D eigenvalue weighted by molar-refractivity contribution is -0.166. The van der Waals surface area contributed by atoms with Gasteiger partial charge in [-0.1, -0.05) is 19.4 Å². The fourth-order valence-electron chi connectivity index (χ4n) is 8.95. The van der Waals surface area contributed by atoms with Gasteiger partial charge in [-0.25, -0.2) is 0 Å². The summed E-state index contributed by atoms with van der Waals surface area (Å²) in [7, 11) is 1.44. The third-order valence-electron chi connectivity index (χ3n) is 10.5. The summed E-state index contributed by atoms with van der Waals surface area (Å²) in [4.78, 5) is 36.9. The van der Waals surface area contributed by atoms with E-state index >= 15 is 0 Å². The average molecular weight is 429 g/mol. The van der Waals surface area contributed by atoms with Crippen molar-refractivity contribution in [3.8, 4) is 0 Å². The number of carbonyl (C=O) groups is 3. The van der Waals surface area contributed by atoms with Crippen LogP contribution in [0, 0.1) is 28.6 Å². The molecule has 5 fully saturated rings. The zero-order valence-corrected chi connectivity index (χ0v) is 18.7. The Morgan fingerprint density at radius 2 is 2.00 bits per heavy atom. The zero-order valence-electron chi connectivity index (χ0n) is 18.7. The van der Waals surface area contributed by atoms with Crippen LogP contribution in [0.25, 0.3) is 0 Å². The first-order valence-corrected chi connectivity index (χ1v) is 11.9. The highest BCUT2D eigenvalue weighted by Crippen LogP contribution is 2.78. The number of ketones is 1. The van der Waals surface area contributed by atoms with Crippen molar-refractivity contribution in [2.24, 2.45) is 28.6 Å². The molecule has 6 rings (SSSR count). The van der Waals surface area contributed by atoms with Gasteiger partial charge in [0.2, 0.25) is 0 Å². The second-order valence-electron chi connectivity index (χ2n) is 11.4. The molecule has 4 aliphatic carbocycles. The van der Waals surface area contributed by atoms with Crippen molar-refractivity contribution in [2.45, 2.75) is 88.9 Å². The molecule has 0 radical (unpaired) electrons. The van der Waals surface area contributed by atoms with Gasteiger partial charge in [0.1, 0.15) is 11.2 Å². The molecule has 0 bridgehead atoms. The maximum Gasteiger partial charge on any atom is 0.306 e. The van der Waals surface area contributed by atoms with Crippen LogP contribution < -0.4 is 0 Å². The third-order valence-corrected chi connectivity index (χ3v) is 10.5. The van der Waals surface area contributed by atoms with Crippen molar-refractivity contribution in [3.05, 3.63) is 11.6 Å². The van der Waals surface area contributed by atoms with Crippen LogP contribution in [0.15, 0.2) is 11.6 Å². The second kappa shape index (κ2) is 6.00. The number of fused-ring (bicyclic) bond motifs is 4. The van der Waals surface area contributed by atoms with Gasteiger partial charge in [0.25, 0.3) is 0 Å². The Balaban J connectivity index is 1.46. The van der Waals surface area contributed by atoms with E-state index in [1.54, 1.807) is 0 Å². The zero-order chi connectivity index (χ0) is 21.8. The monoisotopic (exact) mass is 428 g/mol. The number of esters is 2. The number of hydrogen-bond acceptors (Lipinski definition) is 6. The molecule has 2 saturated heterocycles. The van der Waals surface area contributed by atoms with Crippen LogP contribution in [0.1, 0.15) is 71.6 Å². The SMILES string of the molecule is COC(=O)C[C@H]1CC2=CC(=O)CC[C@]2(C)[C@@]23O[C@@H]2C[C@@]2(C)C(CC[C@@]24CCC(=O)O4)C13. The summed E-state index contributed by atoms with van der Waals surface area (Å²) in [6.45, 7) is 4.60. The average Bonchev–Trinajstić information content (AvgIpc) is 3.21. The van der Waals surface area contributed by atoms with Crippen LogP contribution >= 0.6 is 0 Å². The predicted octanol–water partition coefficient (Wildman–Crippen LogP) is 3.51. The highest BCUT2D eigenvalue weighted by atomic mass is 16.6. The molecular formula is C25H32O6. The fourth-order valence-corrected chi connectivity index (χ4v) is 8.95. The molecule has 0 N–H and O–H groups in total. The molecule has 2 spiro atoms. The van der Waals surface area contributed by atoms with Gasteiger partial charge in [-0.3, -0.25) is 14.4 Å². The van der Waals surface area contributed by atoms with Crippen molar-refractivity contribution in [3.63, 3.8) is 0 Å². The van der Waals surface area contributed by atoms with E-state index in [2.05, 4.69) is 13.8 Å². The molecule has 3 saturated carbocycles. The Morgan fingerprint density at radius 1 is 1.19 bits per heavy atom. The van der Waals surface area contributed by atoms with E-state index in [9.17, 15) is 14.4 Å². The normalized spacial score (nSPS) is 51.9. The molecule has 2 unspecified atom stereocenters. The number of methoxy groups -OCH3 is 1. The van der Waals surface area contributed by atoms with Gasteiger partial charge in [-0.05, 0) is 62.4 Å². The highest BCUT2D eigenvalue weighted by Gasteiger charge is 2.82. The minimum absolute atomic E-state index is 0.0758. The molecule has 0 aromatic heterocycles. The molecule has 0 aromatic rings. The summed E-state index contributed by atoms with van der Waals surface area (Å²) in [6.07, 6.45) is 8.51. The summed E-state index contributed by atoms with van der Waals surface area (Å²) in [6, 6.07) is 0. The number of rotatable bonds is 2. The van der Waals surface area contributed by atoms with Gasteiger partial charge in [-0.2, -0.15) is 0 Å². The van der Waals surface area contributed by atoms with Crippen LogP contribution in [0.2, 0.25) is 0 Å². The standard InChI is InChI=1S/C25H32O6/c1-22-7-4-16(26)12-15(22)10-14(11-20(28)29-3)21-17-5-8-24(9-6-19(27)31-24)23(17,2)13-18-25(21,22)30-18/h12,14,17-18,21H,4-11,13H2,1-3H3/t14-,17?,18-,21?,22+,23+,24-,25-/m1/s1. The van der Waals surface area contributed by atoms with Crippen molar-refractivity contribution < 1.29 is 28.6 Å². The largest absolute Gasteiger partial charge is 0.469 e. The van der Waals surface area contributed by atoms with Crippen molar-refractivity contribution >= 4 is 17.7 Å². The Morgan fingerprint density at radius 3 is 2.71 bits per heavy atom. The van der Waals surface area contributed by atoms with Gasteiger partial charge < -0.3 is 14.2 Å². The molecule has 6 nitrogen and oxygen atoms in total. The molecule has 2 heterocycles. The first-order chi connectivity index (χ1) is 14.7. The molecule has 168 valence electrons.